The second-order valence-electron chi connectivity index (χ2n) is 4.86. The minimum atomic E-state index is -0.485. The van der Waals surface area contributed by atoms with E-state index in [4.69, 9.17) is 4.42 Å². The van der Waals surface area contributed by atoms with E-state index < -0.39 is 11.2 Å². The van der Waals surface area contributed by atoms with Crippen molar-refractivity contribution in [1.29, 1.82) is 0 Å². The largest absolute Gasteiger partial charge is 0.481 e. The number of aryl methyl sites for hydroxylation is 2. The monoisotopic (exact) mass is 290 g/mol. The number of aromatic hydroxyl groups is 1. The highest BCUT2D eigenvalue weighted by Crippen LogP contribution is 2.16. The number of aromatic nitrogens is 4. The van der Waals surface area contributed by atoms with Gasteiger partial charge in [0.1, 0.15) is 11.6 Å². The smallest absolute Gasteiger partial charge is 0.332 e. The van der Waals surface area contributed by atoms with Gasteiger partial charge in [0, 0.05) is 20.2 Å². The molecule has 0 amide bonds. The molecule has 0 fully saturated rings. The number of furan rings is 1. The molecule has 8 heteroatoms. The van der Waals surface area contributed by atoms with Gasteiger partial charge in [0.25, 0.3) is 11.5 Å². The molecule has 110 valence electrons. The predicted molar refractivity (Wildman–Crippen MR) is 74.4 cm³/mol. The lowest BCUT2D eigenvalue weighted by Crippen LogP contribution is -2.38. The maximum absolute atomic E-state index is 12.3. The fourth-order valence-electron chi connectivity index (χ4n) is 2.29. The van der Waals surface area contributed by atoms with Crippen LogP contribution in [0, 0.1) is 6.92 Å². The van der Waals surface area contributed by atoms with E-state index in [9.17, 15) is 14.7 Å². The third-order valence-corrected chi connectivity index (χ3v) is 3.54. The fraction of sp³-hybridized carbons (Fsp3) is 0.308. The van der Waals surface area contributed by atoms with E-state index in [-0.39, 0.29) is 12.5 Å². The van der Waals surface area contributed by atoms with Crippen LogP contribution >= 0.6 is 0 Å². The van der Waals surface area contributed by atoms with Gasteiger partial charge in [-0.3, -0.25) is 13.9 Å². The van der Waals surface area contributed by atoms with Crippen LogP contribution in [0.1, 0.15) is 11.6 Å². The van der Waals surface area contributed by atoms with Crippen molar-refractivity contribution < 1.29 is 9.52 Å². The molecule has 0 unspecified atom stereocenters. The standard InChI is InChI=1S/C13H14N4O4/c1-7-14-11-10(15(7)2)12(19)16(3)13(20)17(11)6-8-4-5-9(18)21-8/h4-5,18H,6H2,1-3H3. The first-order chi connectivity index (χ1) is 9.90. The van der Waals surface area contributed by atoms with Gasteiger partial charge < -0.3 is 14.1 Å². The second kappa shape index (κ2) is 4.37. The molecule has 8 nitrogen and oxygen atoms in total. The van der Waals surface area contributed by atoms with Crippen molar-refractivity contribution in [3.8, 4) is 5.95 Å². The Labute approximate surface area is 118 Å². The molecule has 3 rings (SSSR count). The van der Waals surface area contributed by atoms with Gasteiger partial charge >= 0.3 is 5.69 Å². The molecule has 21 heavy (non-hydrogen) atoms. The van der Waals surface area contributed by atoms with E-state index in [1.165, 1.54) is 17.7 Å². The lowest BCUT2D eigenvalue weighted by molar-refractivity contribution is 0.315. The van der Waals surface area contributed by atoms with Crippen LogP contribution in [0.15, 0.2) is 26.1 Å². The van der Waals surface area contributed by atoms with Crippen LogP contribution < -0.4 is 11.2 Å². The molecule has 0 saturated heterocycles. The quantitative estimate of drug-likeness (QED) is 0.721. The van der Waals surface area contributed by atoms with Crippen LogP contribution in [0.2, 0.25) is 0 Å². The predicted octanol–water partition coefficient (Wildman–Crippen LogP) is 0.0890. The Morgan fingerprint density at radius 1 is 1.24 bits per heavy atom. The van der Waals surface area contributed by atoms with Crippen LogP contribution in [0.4, 0.5) is 0 Å². The molecule has 3 heterocycles. The Morgan fingerprint density at radius 2 is 1.95 bits per heavy atom. The molecule has 3 aromatic heterocycles. The normalized spacial score (nSPS) is 11.4. The zero-order chi connectivity index (χ0) is 15.3. The third-order valence-electron chi connectivity index (χ3n) is 3.54. The van der Waals surface area contributed by atoms with Crippen LogP contribution in [0.3, 0.4) is 0 Å². The zero-order valence-electron chi connectivity index (χ0n) is 11.8. The first kappa shape index (κ1) is 13.2. The molecule has 0 spiro atoms. The molecule has 0 aromatic carbocycles. The Kier molecular flexibility index (Phi) is 2.75. The Bertz CT molecular complexity index is 957. The maximum atomic E-state index is 12.3. The van der Waals surface area contributed by atoms with Crippen molar-refractivity contribution in [2.75, 3.05) is 0 Å². The average Bonchev–Trinajstić information content (AvgIpc) is 2.97. The summed E-state index contributed by atoms with van der Waals surface area (Å²) in [6, 6.07) is 2.96. The molecule has 0 atom stereocenters. The molecule has 0 aliphatic rings. The summed E-state index contributed by atoms with van der Waals surface area (Å²) in [6.07, 6.45) is 0. The van der Waals surface area contributed by atoms with E-state index in [2.05, 4.69) is 4.98 Å². The fourth-order valence-corrected chi connectivity index (χ4v) is 2.29. The van der Waals surface area contributed by atoms with Gasteiger partial charge in [-0.15, -0.1) is 0 Å². The molecular weight excluding hydrogens is 276 g/mol. The van der Waals surface area contributed by atoms with E-state index in [0.29, 0.717) is 22.7 Å². The number of hydrogen-bond donors (Lipinski definition) is 1. The van der Waals surface area contributed by atoms with Crippen molar-refractivity contribution in [3.05, 3.63) is 44.6 Å². The minimum absolute atomic E-state index is 0.0838. The summed E-state index contributed by atoms with van der Waals surface area (Å²) >= 11 is 0. The second-order valence-corrected chi connectivity index (χ2v) is 4.86. The van der Waals surface area contributed by atoms with Gasteiger partial charge in [0.15, 0.2) is 11.2 Å². The van der Waals surface area contributed by atoms with Crippen molar-refractivity contribution in [3.63, 3.8) is 0 Å². The first-order valence-corrected chi connectivity index (χ1v) is 6.30. The lowest BCUT2D eigenvalue weighted by atomic mass is 10.4. The van der Waals surface area contributed by atoms with Crippen LogP contribution in [-0.2, 0) is 20.6 Å². The Hall–Kier alpha value is -2.77. The molecule has 0 radical (unpaired) electrons. The summed E-state index contributed by atoms with van der Waals surface area (Å²) in [4.78, 5) is 28.8. The third kappa shape index (κ3) is 1.87. The van der Waals surface area contributed by atoms with Crippen molar-refractivity contribution in [1.82, 2.24) is 18.7 Å². The van der Waals surface area contributed by atoms with Crippen LogP contribution in [-0.4, -0.2) is 23.8 Å². The summed E-state index contributed by atoms with van der Waals surface area (Å²) in [5, 5.41) is 9.23. The summed E-state index contributed by atoms with van der Waals surface area (Å²) in [7, 11) is 3.14. The highest BCUT2D eigenvalue weighted by atomic mass is 16.5. The summed E-state index contributed by atoms with van der Waals surface area (Å²) < 4.78 is 9.10. The molecule has 0 bridgehead atoms. The van der Waals surface area contributed by atoms with E-state index in [0.717, 1.165) is 4.57 Å². The number of fused-ring (bicyclic) bond motifs is 1. The number of rotatable bonds is 2. The Morgan fingerprint density at radius 3 is 2.57 bits per heavy atom. The van der Waals surface area contributed by atoms with E-state index in [1.54, 1.807) is 24.6 Å². The minimum Gasteiger partial charge on any atom is -0.481 e. The van der Waals surface area contributed by atoms with Gasteiger partial charge in [0.05, 0.1) is 6.54 Å². The van der Waals surface area contributed by atoms with Gasteiger partial charge in [-0.05, 0) is 13.0 Å². The highest BCUT2D eigenvalue weighted by molar-refractivity contribution is 5.71. The topological polar surface area (TPSA) is 95.2 Å². The Balaban J connectivity index is 2.34. The lowest BCUT2D eigenvalue weighted by Gasteiger charge is -2.07. The van der Waals surface area contributed by atoms with Gasteiger partial charge in [-0.1, -0.05) is 0 Å². The SMILES string of the molecule is Cc1nc2c(c(=O)n(C)c(=O)n2Cc2ccc(O)o2)n1C. The summed E-state index contributed by atoms with van der Waals surface area (Å²) in [5.74, 6) is 0.804. The summed E-state index contributed by atoms with van der Waals surface area (Å²) in [5.41, 5.74) is -0.220. The average molecular weight is 290 g/mol. The molecule has 0 aliphatic carbocycles. The molecular formula is C13H14N4O4. The number of hydrogen-bond acceptors (Lipinski definition) is 5. The van der Waals surface area contributed by atoms with Crippen molar-refractivity contribution in [2.45, 2.75) is 13.5 Å². The maximum Gasteiger partial charge on any atom is 0.332 e. The number of imidazole rings is 1. The van der Waals surface area contributed by atoms with Crippen molar-refractivity contribution in [2.24, 2.45) is 14.1 Å². The highest BCUT2D eigenvalue weighted by Gasteiger charge is 2.18. The summed E-state index contributed by atoms with van der Waals surface area (Å²) in [6.45, 7) is 1.84. The van der Waals surface area contributed by atoms with Crippen molar-refractivity contribution >= 4 is 11.2 Å². The van der Waals surface area contributed by atoms with Crippen LogP contribution in [0.5, 0.6) is 5.95 Å². The van der Waals surface area contributed by atoms with E-state index in [1.807, 2.05) is 0 Å². The van der Waals surface area contributed by atoms with Gasteiger partial charge in [-0.2, -0.15) is 0 Å². The zero-order valence-corrected chi connectivity index (χ0v) is 11.8. The number of nitrogens with zero attached hydrogens (tertiary/aromatic N) is 4. The van der Waals surface area contributed by atoms with Crippen LogP contribution in [0.25, 0.3) is 11.2 Å². The van der Waals surface area contributed by atoms with Gasteiger partial charge in [-0.25, -0.2) is 9.78 Å². The van der Waals surface area contributed by atoms with Gasteiger partial charge in [0.2, 0.25) is 0 Å². The molecule has 0 saturated carbocycles. The molecule has 3 aromatic rings. The first-order valence-electron chi connectivity index (χ1n) is 6.30. The van der Waals surface area contributed by atoms with E-state index >= 15 is 0 Å². The molecule has 0 aliphatic heterocycles. The molecule has 1 N–H and O–H groups in total.